The molecule has 0 amide bonds. The Morgan fingerprint density at radius 3 is 2.47 bits per heavy atom. The van der Waals surface area contributed by atoms with Crippen molar-refractivity contribution in [2.45, 2.75) is 64.6 Å². The molecule has 2 bridgehead atoms. The van der Waals surface area contributed by atoms with Gasteiger partial charge in [-0.3, -0.25) is 0 Å². The van der Waals surface area contributed by atoms with Crippen LogP contribution in [0.15, 0.2) is 24.3 Å². The quantitative estimate of drug-likeness (QED) is 0.573. The van der Waals surface area contributed by atoms with Crippen LogP contribution in [-0.4, -0.2) is 39.8 Å². The third kappa shape index (κ3) is 6.76. The topological polar surface area (TPSA) is 98.9 Å². The number of aromatic nitrogens is 2. The molecular weight excluding hydrogens is 445 g/mol. The molecular formula is C25H29F3N4O2. The molecule has 1 aromatic carbocycles. The van der Waals surface area contributed by atoms with Crippen LogP contribution in [0.5, 0.6) is 0 Å². The van der Waals surface area contributed by atoms with Gasteiger partial charge in [0, 0.05) is 17.3 Å². The van der Waals surface area contributed by atoms with E-state index in [2.05, 4.69) is 53.4 Å². The summed E-state index contributed by atoms with van der Waals surface area (Å²) >= 11 is 0. The molecule has 2 aliphatic carbocycles. The van der Waals surface area contributed by atoms with Crippen molar-refractivity contribution in [1.82, 2.24) is 15.3 Å². The van der Waals surface area contributed by atoms with Gasteiger partial charge in [-0.2, -0.15) is 18.4 Å². The molecule has 3 unspecified atom stereocenters. The number of aryl methyl sites for hydroxylation is 3. The van der Waals surface area contributed by atoms with Crippen molar-refractivity contribution in [3.8, 4) is 17.3 Å². The van der Waals surface area contributed by atoms with Crippen molar-refractivity contribution < 1.29 is 23.1 Å². The predicted molar refractivity (Wildman–Crippen MR) is 121 cm³/mol. The molecule has 2 saturated carbocycles. The number of carboxylic acids is 1. The molecule has 3 atom stereocenters. The number of fused-ring (bicyclic) bond motifs is 2. The maximum atomic E-state index is 10.6. The van der Waals surface area contributed by atoms with Gasteiger partial charge in [-0.25, -0.2) is 14.8 Å². The number of nitriles is 1. The van der Waals surface area contributed by atoms with Crippen LogP contribution in [-0.2, 0) is 11.2 Å². The minimum Gasteiger partial charge on any atom is -0.475 e. The van der Waals surface area contributed by atoms with E-state index in [4.69, 9.17) is 9.90 Å². The lowest BCUT2D eigenvalue weighted by Gasteiger charge is -2.22. The second-order valence-electron chi connectivity index (χ2n) is 9.12. The molecule has 1 heterocycles. The van der Waals surface area contributed by atoms with E-state index in [9.17, 15) is 18.4 Å². The number of nitrogens with one attached hydrogen (secondary N) is 1. The Labute approximate surface area is 197 Å². The highest BCUT2D eigenvalue weighted by Gasteiger charge is 2.39. The zero-order valence-corrected chi connectivity index (χ0v) is 19.3. The molecule has 1 aromatic heterocycles. The van der Waals surface area contributed by atoms with Crippen LogP contribution in [0.3, 0.4) is 0 Å². The van der Waals surface area contributed by atoms with Crippen molar-refractivity contribution in [1.29, 1.82) is 5.26 Å². The molecule has 0 spiro atoms. The average molecular weight is 475 g/mol. The highest BCUT2D eigenvalue weighted by molar-refractivity contribution is 5.73. The number of rotatable bonds is 6. The third-order valence-corrected chi connectivity index (χ3v) is 6.68. The van der Waals surface area contributed by atoms with Crippen LogP contribution in [0.1, 0.15) is 54.7 Å². The highest BCUT2D eigenvalue weighted by Crippen LogP contribution is 2.44. The van der Waals surface area contributed by atoms with E-state index in [1.54, 1.807) is 0 Å². The number of nitrogens with zero attached hydrogens (tertiary/aromatic N) is 3. The highest BCUT2D eigenvalue weighted by atomic mass is 19.4. The van der Waals surface area contributed by atoms with Crippen LogP contribution in [0.4, 0.5) is 13.2 Å². The number of hydrogen-bond acceptors (Lipinski definition) is 5. The van der Waals surface area contributed by atoms with Crippen molar-refractivity contribution in [3.05, 3.63) is 46.9 Å². The van der Waals surface area contributed by atoms with Crippen LogP contribution in [0.2, 0.25) is 0 Å². The van der Waals surface area contributed by atoms with E-state index in [1.165, 1.54) is 36.8 Å². The Kier molecular flexibility index (Phi) is 8.26. The van der Waals surface area contributed by atoms with E-state index in [-0.39, 0.29) is 5.82 Å². The van der Waals surface area contributed by atoms with E-state index in [1.807, 2.05) is 6.07 Å². The average Bonchev–Trinajstić information content (AvgIpc) is 3.41. The van der Waals surface area contributed by atoms with Gasteiger partial charge >= 0.3 is 12.1 Å². The summed E-state index contributed by atoms with van der Waals surface area (Å²) in [4.78, 5) is 17.7. The summed E-state index contributed by atoms with van der Waals surface area (Å²) in [6, 6.07) is 11.2. The Hall–Kier alpha value is -2.99. The normalized spacial score (nSPS) is 21.0. The number of halogens is 3. The van der Waals surface area contributed by atoms with Crippen molar-refractivity contribution in [2.75, 3.05) is 6.54 Å². The van der Waals surface area contributed by atoms with Crippen molar-refractivity contribution in [2.24, 2.45) is 11.8 Å². The van der Waals surface area contributed by atoms with Gasteiger partial charge < -0.3 is 10.4 Å². The number of aliphatic carboxylic acids is 1. The van der Waals surface area contributed by atoms with Gasteiger partial charge in [0.05, 0.1) is 5.69 Å². The molecule has 4 rings (SSSR count). The summed E-state index contributed by atoms with van der Waals surface area (Å²) in [7, 11) is 0. The molecule has 2 aliphatic rings. The Balaban J connectivity index is 0.000000406. The monoisotopic (exact) mass is 474 g/mol. The van der Waals surface area contributed by atoms with E-state index < -0.39 is 12.1 Å². The molecule has 34 heavy (non-hydrogen) atoms. The number of benzene rings is 1. The van der Waals surface area contributed by atoms with Gasteiger partial charge in [-0.1, -0.05) is 18.6 Å². The van der Waals surface area contributed by atoms with Gasteiger partial charge in [0.15, 0.2) is 0 Å². The van der Waals surface area contributed by atoms with E-state index >= 15 is 0 Å². The first-order valence-corrected chi connectivity index (χ1v) is 11.5. The van der Waals surface area contributed by atoms with Gasteiger partial charge in [-0.15, -0.1) is 0 Å². The van der Waals surface area contributed by atoms with Gasteiger partial charge in [0.2, 0.25) is 5.82 Å². The first kappa shape index (κ1) is 25.6. The molecule has 2 fully saturated rings. The Bertz CT molecular complexity index is 1070. The van der Waals surface area contributed by atoms with Crippen LogP contribution in [0, 0.1) is 37.0 Å². The summed E-state index contributed by atoms with van der Waals surface area (Å²) in [6.45, 7) is 5.24. The fourth-order valence-corrected chi connectivity index (χ4v) is 4.78. The molecule has 0 aliphatic heterocycles. The first-order chi connectivity index (χ1) is 16.1. The zero-order chi connectivity index (χ0) is 24.9. The molecule has 182 valence electrons. The molecule has 9 heteroatoms. The molecule has 6 nitrogen and oxygen atoms in total. The number of carboxylic acid groups (broad SMARTS) is 1. The maximum absolute atomic E-state index is 10.6. The molecule has 0 radical (unpaired) electrons. The lowest BCUT2D eigenvalue weighted by molar-refractivity contribution is -0.192. The molecule has 0 saturated heterocycles. The maximum Gasteiger partial charge on any atom is 0.490 e. The van der Waals surface area contributed by atoms with Gasteiger partial charge in [-0.05, 0) is 87.6 Å². The minimum absolute atomic E-state index is 0.266. The lowest BCUT2D eigenvalue weighted by atomic mass is 9.95. The Morgan fingerprint density at radius 1 is 1.18 bits per heavy atom. The van der Waals surface area contributed by atoms with E-state index in [0.29, 0.717) is 0 Å². The Morgan fingerprint density at radius 2 is 1.91 bits per heavy atom. The number of hydrogen-bond donors (Lipinski definition) is 2. The van der Waals surface area contributed by atoms with Gasteiger partial charge in [0.1, 0.15) is 6.07 Å². The minimum atomic E-state index is -5.08. The van der Waals surface area contributed by atoms with E-state index in [0.717, 1.165) is 54.2 Å². The van der Waals surface area contributed by atoms with Crippen LogP contribution < -0.4 is 5.32 Å². The lowest BCUT2D eigenvalue weighted by Crippen LogP contribution is -2.34. The summed E-state index contributed by atoms with van der Waals surface area (Å²) < 4.78 is 31.7. The van der Waals surface area contributed by atoms with Crippen LogP contribution >= 0.6 is 0 Å². The summed E-state index contributed by atoms with van der Waals surface area (Å²) in [6.07, 6.45) is 2.51. The second kappa shape index (κ2) is 11.0. The number of carbonyl (C=O) groups is 1. The smallest absolute Gasteiger partial charge is 0.475 e. The standard InChI is InChI=1S/C23H28N4.C2HF3O2/c1-15-5-7-18(10-16(15)2)22-13-20(26-23(14-24)27-22)4-3-9-25-21-12-17-6-8-19(21)11-17;3-2(4,5)1(6)7/h5,7,10,13,17,19,21,25H,3-4,6,8-9,11-12H2,1-2H3;(H,6,7). The number of alkyl halides is 3. The summed E-state index contributed by atoms with van der Waals surface area (Å²) in [5, 5.41) is 20.2. The van der Waals surface area contributed by atoms with Crippen molar-refractivity contribution in [3.63, 3.8) is 0 Å². The fraction of sp³-hybridized carbons (Fsp3) is 0.520. The summed E-state index contributed by atoms with van der Waals surface area (Å²) in [5.41, 5.74) is 5.37. The second-order valence-corrected chi connectivity index (χ2v) is 9.12. The largest absolute Gasteiger partial charge is 0.490 e. The van der Waals surface area contributed by atoms with Crippen molar-refractivity contribution >= 4 is 5.97 Å². The first-order valence-electron chi connectivity index (χ1n) is 11.5. The summed E-state index contributed by atoms with van der Waals surface area (Å²) in [5.74, 6) is -0.599. The predicted octanol–water partition coefficient (Wildman–Crippen LogP) is 4.98. The molecule has 2 N–H and O–H groups in total. The van der Waals surface area contributed by atoms with Gasteiger partial charge in [0.25, 0.3) is 0 Å². The zero-order valence-electron chi connectivity index (χ0n) is 19.3. The SMILES string of the molecule is Cc1ccc(-c2cc(CCCNC3CC4CCC3C4)nc(C#N)n2)cc1C.O=C(O)C(F)(F)F. The van der Waals surface area contributed by atoms with Crippen LogP contribution in [0.25, 0.3) is 11.3 Å². The molecule has 2 aromatic rings. The fourth-order valence-electron chi connectivity index (χ4n) is 4.78. The third-order valence-electron chi connectivity index (χ3n) is 6.68.